The molecule has 1 aromatic carbocycles. The Hall–Kier alpha value is -2.64. The van der Waals surface area contributed by atoms with Crippen molar-refractivity contribution in [2.45, 2.75) is 0 Å². The standard InChI is InChI=1S/C16H11Cl2FN4O2/c1-23-7-9(6-21-23)22-16(25)12-4-8(5-20-12)15(24)13-10(17)2-3-11(18)14(13)19/h2-7,20H,1H3,(H,22,25). The topological polar surface area (TPSA) is 79.8 Å². The van der Waals surface area contributed by atoms with Gasteiger partial charge in [0.25, 0.3) is 5.91 Å². The Labute approximate surface area is 151 Å². The maximum absolute atomic E-state index is 14.1. The van der Waals surface area contributed by atoms with Crippen LogP contribution in [0.15, 0.2) is 36.8 Å². The van der Waals surface area contributed by atoms with Crippen molar-refractivity contribution in [3.63, 3.8) is 0 Å². The summed E-state index contributed by atoms with van der Waals surface area (Å²) in [5.41, 5.74) is 0.372. The Balaban J connectivity index is 1.85. The second-order valence-electron chi connectivity index (χ2n) is 5.21. The van der Waals surface area contributed by atoms with E-state index in [0.29, 0.717) is 5.69 Å². The molecule has 0 aliphatic rings. The molecule has 0 spiro atoms. The third kappa shape index (κ3) is 3.42. The van der Waals surface area contributed by atoms with Gasteiger partial charge in [-0.3, -0.25) is 14.3 Å². The maximum atomic E-state index is 14.1. The first-order chi connectivity index (χ1) is 11.9. The van der Waals surface area contributed by atoms with Gasteiger partial charge in [-0.2, -0.15) is 5.10 Å². The number of hydrogen-bond donors (Lipinski definition) is 2. The molecule has 0 atom stereocenters. The molecule has 3 rings (SSSR count). The zero-order valence-electron chi connectivity index (χ0n) is 12.8. The molecule has 2 heterocycles. The third-order valence-corrected chi connectivity index (χ3v) is 4.03. The van der Waals surface area contributed by atoms with Crippen molar-refractivity contribution in [2.75, 3.05) is 5.32 Å². The van der Waals surface area contributed by atoms with Gasteiger partial charge in [0.1, 0.15) is 5.69 Å². The number of aryl methyl sites for hydroxylation is 1. The van der Waals surface area contributed by atoms with Crippen LogP contribution in [0, 0.1) is 5.82 Å². The molecule has 2 N–H and O–H groups in total. The van der Waals surface area contributed by atoms with E-state index in [1.165, 1.54) is 35.3 Å². The van der Waals surface area contributed by atoms with Gasteiger partial charge in [0.05, 0.1) is 27.5 Å². The SMILES string of the molecule is Cn1cc(NC(=O)c2cc(C(=O)c3c(Cl)ccc(Cl)c3F)c[nH]2)cn1. The Morgan fingerprint density at radius 1 is 1.28 bits per heavy atom. The summed E-state index contributed by atoms with van der Waals surface area (Å²) in [6.45, 7) is 0. The quantitative estimate of drug-likeness (QED) is 0.535. The molecular weight excluding hydrogens is 370 g/mol. The fraction of sp³-hybridized carbons (Fsp3) is 0.0625. The van der Waals surface area contributed by atoms with Crippen LogP contribution >= 0.6 is 23.2 Å². The number of hydrogen-bond acceptors (Lipinski definition) is 3. The Kier molecular flexibility index (Phi) is 4.61. The molecule has 0 aliphatic carbocycles. The van der Waals surface area contributed by atoms with E-state index < -0.39 is 17.5 Å². The second kappa shape index (κ2) is 6.70. The number of carbonyl (C=O) groups is 2. The molecule has 0 saturated carbocycles. The molecule has 3 aromatic rings. The number of nitrogens with one attached hydrogen (secondary N) is 2. The van der Waals surface area contributed by atoms with E-state index in [1.807, 2.05) is 0 Å². The summed E-state index contributed by atoms with van der Waals surface area (Å²) in [7, 11) is 1.71. The summed E-state index contributed by atoms with van der Waals surface area (Å²) in [6, 6.07) is 3.91. The lowest BCUT2D eigenvalue weighted by Gasteiger charge is -2.05. The Morgan fingerprint density at radius 3 is 2.68 bits per heavy atom. The molecule has 6 nitrogen and oxygen atoms in total. The van der Waals surface area contributed by atoms with Crippen molar-refractivity contribution in [1.29, 1.82) is 0 Å². The van der Waals surface area contributed by atoms with Gasteiger partial charge in [0, 0.05) is 25.0 Å². The van der Waals surface area contributed by atoms with Crippen LogP contribution in [0.2, 0.25) is 10.0 Å². The summed E-state index contributed by atoms with van der Waals surface area (Å²) in [4.78, 5) is 27.3. The lowest BCUT2D eigenvalue weighted by molar-refractivity contribution is 0.102. The highest BCUT2D eigenvalue weighted by Gasteiger charge is 2.22. The van der Waals surface area contributed by atoms with E-state index in [2.05, 4.69) is 15.4 Å². The average molecular weight is 381 g/mol. The van der Waals surface area contributed by atoms with Crippen molar-refractivity contribution in [1.82, 2.24) is 14.8 Å². The third-order valence-electron chi connectivity index (χ3n) is 3.42. The van der Waals surface area contributed by atoms with Crippen LogP contribution in [-0.4, -0.2) is 26.5 Å². The van der Waals surface area contributed by atoms with Gasteiger partial charge in [-0.05, 0) is 18.2 Å². The second-order valence-corrected chi connectivity index (χ2v) is 6.02. The number of rotatable bonds is 4. The molecule has 0 aliphatic heterocycles. The summed E-state index contributed by atoms with van der Waals surface area (Å²) < 4.78 is 15.6. The van der Waals surface area contributed by atoms with Crippen LogP contribution in [-0.2, 0) is 7.05 Å². The van der Waals surface area contributed by atoms with E-state index in [9.17, 15) is 14.0 Å². The number of carbonyl (C=O) groups excluding carboxylic acids is 2. The lowest BCUT2D eigenvalue weighted by atomic mass is 10.0. The first-order valence-corrected chi connectivity index (χ1v) is 7.79. The van der Waals surface area contributed by atoms with Crippen molar-refractivity contribution >= 4 is 40.6 Å². The van der Waals surface area contributed by atoms with Gasteiger partial charge >= 0.3 is 0 Å². The molecule has 2 aromatic heterocycles. The molecule has 0 fully saturated rings. The minimum absolute atomic E-state index is 0.0607. The number of aromatic nitrogens is 3. The zero-order valence-corrected chi connectivity index (χ0v) is 14.3. The molecule has 0 saturated heterocycles. The van der Waals surface area contributed by atoms with E-state index in [4.69, 9.17) is 23.2 Å². The molecular formula is C16H11Cl2FN4O2. The largest absolute Gasteiger partial charge is 0.356 e. The summed E-state index contributed by atoms with van der Waals surface area (Å²) in [6.07, 6.45) is 4.40. The molecule has 0 unspecified atom stereocenters. The number of nitrogens with zero attached hydrogens (tertiary/aromatic N) is 2. The van der Waals surface area contributed by atoms with E-state index in [0.717, 1.165) is 0 Å². The molecule has 1 amide bonds. The molecule has 9 heteroatoms. The molecule has 0 bridgehead atoms. The van der Waals surface area contributed by atoms with Crippen molar-refractivity contribution < 1.29 is 14.0 Å². The zero-order chi connectivity index (χ0) is 18.1. The summed E-state index contributed by atoms with van der Waals surface area (Å²) in [5.74, 6) is -2.05. The van der Waals surface area contributed by atoms with Crippen LogP contribution in [0.3, 0.4) is 0 Å². The monoisotopic (exact) mass is 380 g/mol. The number of H-pyrrole nitrogens is 1. The smallest absolute Gasteiger partial charge is 0.272 e. The van der Waals surface area contributed by atoms with E-state index >= 15 is 0 Å². The minimum Gasteiger partial charge on any atom is -0.356 e. The fourth-order valence-corrected chi connectivity index (χ4v) is 2.61. The van der Waals surface area contributed by atoms with Gasteiger partial charge in [-0.25, -0.2) is 4.39 Å². The predicted molar refractivity (Wildman–Crippen MR) is 91.8 cm³/mol. The van der Waals surface area contributed by atoms with Crippen LogP contribution < -0.4 is 5.32 Å². The normalized spacial score (nSPS) is 10.7. The van der Waals surface area contributed by atoms with Gasteiger partial charge < -0.3 is 10.3 Å². The van der Waals surface area contributed by atoms with Gasteiger partial charge in [0.2, 0.25) is 0 Å². The summed E-state index contributed by atoms with van der Waals surface area (Å²) in [5, 5.41) is 6.28. The number of halogens is 3. The highest BCUT2D eigenvalue weighted by atomic mass is 35.5. The van der Waals surface area contributed by atoms with Crippen LogP contribution in [0.4, 0.5) is 10.1 Å². The fourth-order valence-electron chi connectivity index (χ4n) is 2.22. The van der Waals surface area contributed by atoms with Gasteiger partial charge in [-0.15, -0.1) is 0 Å². The first kappa shape index (κ1) is 17.2. The number of ketones is 1. The van der Waals surface area contributed by atoms with Gasteiger partial charge in [0.15, 0.2) is 11.6 Å². The minimum atomic E-state index is -0.901. The highest BCUT2D eigenvalue weighted by molar-refractivity contribution is 6.37. The number of amides is 1. The lowest BCUT2D eigenvalue weighted by Crippen LogP contribution is -2.11. The predicted octanol–water partition coefficient (Wildman–Crippen LogP) is 3.68. The molecule has 0 radical (unpaired) electrons. The van der Waals surface area contributed by atoms with Gasteiger partial charge in [-0.1, -0.05) is 23.2 Å². The number of aromatic amines is 1. The maximum Gasteiger partial charge on any atom is 0.272 e. The highest BCUT2D eigenvalue weighted by Crippen LogP contribution is 2.28. The van der Waals surface area contributed by atoms with E-state index in [-0.39, 0.29) is 26.9 Å². The Bertz CT molecular complexity index is 980. The average Bonchev–Trinajstić information content (AvgIpc) is 3.20. The number of anilines is 1. The van der Waals surface area contributed by atoms with Crippen LogP contribution in [0.25, 0.3) is 0 Å². The van der Waals surface area contributed by atoms with Crippen LogP contribution in [0.1, 0.15) is 26.4 Å². The van der Waals surface area contributed by atoms with Crippen molar-refractivity contribution in [3.8, 4) is 0 Å². The Morgan fingerprint density at radius 2 is 2.00 bits per heavy atom. The van der Waals surface area contributed by atoms with Crippen molar-refractivity contribution in [3.05, 3.63) is 69.5 Å². The molecule has 128 valence electrons. The van der Waals surface area contributed by atoms with Crippen molar-refractivity contribution in [2.24, 2.45) is 7.05 Å². The first-order valence-electron chi connectivity index (χ1n) is 7.03. The summed E-state index contributed by atoms with van der Waals surface area (Å²) >= 11 is 11.6. The molecule has 25 heavy (non-hydrogen) atoms. The number of benzene rings is 1. The van der Waals surface area contributed by atoms with Crippen LogP contribution in [0.5, 0.6) is 0 Å². The van der Waals surface area contributed by atoms with E-state index in [1.54, 1.807) is 13.2 Å².